The van der Waals surface area contributed by atoms with E-state index in [1.807, 2.05) is 12.1 Å². The lowest BCUT2D eigenvalue weighted by molar-refractivity contribution is -0.136. The van der Waals surface area contributed by atoms with E-state index in [2.05, 4.69) is 50.0 Å². The number of aromatic nitrogens is 3. The highest BCUT2D eigenvalue weighted by Crippen LogP contribution is 2.38. The van der Waals surface area contributed by atoms with E-state index in [0.717, 1.165) is 79.4 Å². The Balaban J connectivity index is 0.848. The summed E-state index contributed by atoms with van der Waals surface area (Å²) in [7, 11) is 4.97. The molecule has 0 spiro atoms. The predicted octanol–water partition coefficient (Wildman–Crippen LogP) is 5.42. The maximum atomic E-state index is 12.6. The summed E-state index contributed by atoms with van der Waals surface area (Å²) in [5.41, 5.74) is 5.44. The van der Waals surface area contributed by atoms with Crippen molar-refractivity contribution in [3.05, 3.63) is 75.8 Å². The summed E-state index contributed by atoms with van der Waals surface area (Å²) in [6.07, 6.45) is 13.6. The summed E-state index contributed by atoms with van der Waals surface area (Å²) >= 11 is 0. The number of rotatable bonds is 17. The average molecular weight is 739 g/mol. The number of ether oxygens (including phenoxy) is 2. The molecule has 54 heavy (non-hydrogen) atoms. The zero-order valence-electron chi connectivity index (χ0n) is 31.9. The van der Waals surface area contributed by atoms with Crippen LogP contribution in [0.3, 0.4) is 0 Å². The molecule has 0 aliphatic carbocycles. The average Bonchev–Trinajstić information content (AvgIpc) is 3.68. The molecule has 2 aromatic carbocycles. The molecule has 12 heteroatoms. The van der Waals surface area contributed by atoms with Crippen LogP contribution in [0.5, 0.6) is 11.5 Å². The quantitative estimate of drug-likeness (QED) is 0.0962. The van der Waals surface area contributed by atoms with Gasteiger partial charge in [-0.25, -0.2) is 0 Å². The van der Waals surface area contributed by atoms with E-state index < -0.39 is 0 Å². The van der Waals surface area contributed by atoms with Crippen molar-refractivity contribution in [2.24, 2.45) is 13.0 Å². The molecule has 1 atom stereocenters. The monoisotopic (exact) mass is 738 g/mol. The Morgan fingerprint density at radius 2 is 1.67 bits per heavy atom. The Hall–Kier alpha value is -4.97. The van der Waals surface area contributed by atoms with Crippen molar-refractivity contribution < 1.29 is 23.9 Å². The molecule has 0 radical (unpaired) electrons. The summed E-state index contributed by atoms with van der Waals surface area (Å²) < 4.78 is 13.1. The molecular formula is C42H54N6O6. The van der Waals surface area contributed by atoms with Crippen LogP contribution in [0, 0.1) is 5.92 Å². The number of amides is 3. The molecule has 12 nitrogen and oxygen atoms in total. The zero-order valence-corrected chi connectivity index (χ0v) is 31.9. The fourth-order valence-electron chi connectivity index (χ4n) is 7.96. The lowest BCUT2D eigenvalue weighted by Gasteiger charge is -2.32. The number of hydrogen-bond donors (Lipinski definition) is 3. The van der Waals surface area contributed by atoms with Gasteiger partial charge in [0.25, 0.3) is 5.56 Å². The summed E-state index contributed by atoms with van der Waals surface area (Å²) in [4.78, 5) is 51.3. The molecule has 0 bridgehead atoms. The van der Waals surface area contributed by atoms with Gasteiger partial charge in [0.2, 0.25) is 17.7 Å². The first kappa shape index (κ1) is 38.7. The van der Waals surface area contributed by atoms with E-state index in [1.165, 1.54) is 16.6 Å². The molecule has 4 aromatic rings. The van der Waals surface area contributed by atoms with Crippen LogP contribution in [-0.2, 0) is 34.3 Å². The van der Waals surface area contributed by atoms with Crippen molar-refractivity contribution in [1.29, 1.82) is 0 Å². The van der Waals surface area contributed by atoms with E-state index in [0.29, 0.717) is 68.0 Å². The predicted molar refractivity (Wildman–Crippen MR) is 209 cm³/mol. The first-order chi connectivity index (χ1) is 26.2. The van der Waals surface area contributed by atoms with Crippen LogP contribution in [0.15, 0.2) is 53.6 Å². The first-order valence-electron chi connectivity index (χ1n) is 19.4. The lowest BCUT2D eigenvalue weighted by Crippen LogP contribution is -2.41. The van der Waals surface area contributed by atoms with Gasteiger partial charge in [-0.2, -0.15) is 5.10 Å². The standard InChI is InChI=1S/C42H54N6O6/c1-47-27-35(34-26-44-46-40(34)42(47)52)32-24-36(53-2)33(37(25-32)54-3)9-8-10-38(49)43-19-6-4-5-7-20-48-21-17-30(18-22-48)29-13-11-28(12-14-29)23-31-15-16-39(50)45-41(31)51/h11-14,24-27,30-31H,4-10,15-23H2,1-3H3,(H,43,49)(H,44,46)(H,45,50,51). The smallest absolute Gasteiger partial charge is 0.276 e. The largest absolute Gasteiger partial charge is 0.496 e. The molecule has 2 saturated heterocycles. The maximum absolute atomic E-state index is 12.6. The van der Waals surface area contributed by atoms with Crippen molar-refractivity contribution in [1.82, 2.24) is 30.3 Å². The van der Waals surface area contributed by atoms with Crippen LogP contribution in [-0.4, -0.2) is 77.8 Å². The third kappa shape index (κ3) is 9.57. The number of fused-ring (bicyclic) bond motifs is 1. The molecule has 6 rings (SSSR count). The van der Waals surface area contributed by atoms with E-state index >= 15 is 0 Å². The number of aromatic amines is 1. The fraction of sp³-hybridized carbons (Fsp3) is 0.500. The molecule has 4 heterocycles. The van der Waals surface area contributed by atoms with Crippen LogP contribution < -0.4 is 25.7 Å². The van der Waals surface area contributed by atoms with Gasteiger partial charge in [-0.15, -0.1) is 0 Å². The van der Waals surface area contributed by atoms with Gasteiger partial charge in [-0.3, -0.25) is 29.6 Å². The van der Waals surface area contributed by atoms with Crippen molar-refractivity contribution >= 4 is 28.6 Å². The molecule has 3 N–H and O–H groups in total. The minimum atomic E-state index is -0.162. The third-order valence-corrected chi connectivity index (χ3v) is 11.1. The van der Waals surface area contributed by atoms with Gasteiger partial charge < -0.3 is 24.3 Å². The summed E-state index contributed by atoms with van der Waals surface area (Å²) in [5, 5.41) is 13.2. The summed E-state index contributed by atoms with van der Waals surface area (Å²) in [6.45, 7) is 4.05. The van der Waals surface area contributed by atoms with Crippen molar-refractivity contribution in [2.45, 2.75) is 83.0 Å². The molecule has 2 fully saturated rings. The number of carbonyl (C=O) groups excluding carboxylic acids is 3. The summed E-state index contributed by atoms with van der Waals surface area (Å²) in [6, 6.07) is 12.7. The first-order valence-corrected chi connectivity index (χ1v) is 19.4. The molecule has 288 valence electrons. The molecular weight excluding hydrogens is 684 g/mol. The lowest BCUT2D eigenvalue weighted by atomic mass is 9.87. The summed E-state index contributed by atoms with van der Waals surface area (Å²) in [5.74, 6) is 1.57. The molecule has 0 saturated carbocycles. The van der Waals surface area contributed by atoms with Gasteiger partial charge in [0.1, 0.15) is 17.0 Å². The Bertz CT molecular complexity index is 1950. The van der Waals surface area contributed by atoms with E-state index in [-0.39, 0.29) is 29.2 Å². The third-order valence-electron chi connectivity index (χ3n) is 11.1. The van der Waals surface area contributed by atoms with Gasteiger partial charge in [-0.05, 0) is 106 Å². The number of imide groups is 1. The number of benzene rings is 2. The van der Waals surface area contributed by atoms with Crippen LogP contribution in [0.2, 0.25) is 0 Å². The van der Waals surface area contributed by atoms with Gasteiger partial charge in [0.15, 0.2) is 0 Å². The Kier molecular flexibility index (Phi) is 13.2. The van der Waals surface area contributed by atoms with Gasteiger partial charge >= 0.3 is 0 Å². The van der Waals surface area contributed by atoms with Crippen LogP contribution >= 0.6 is 0 Å². The number of aryl methyl sites for hydroxylation is 1. The Morgan fingerprint density at radius 1 is 0.944 bits per heavy atom. The Morgan fingerprint density at radius 3 is 2.37 bits per heavy atom. The zero-order chi connectivity index (χ0) is 38.0. The second-order valence-electron chi connectivity index (χ2n) is 14.8. The van der Waals surface area contributed by atoms with Crippen LogP contribution in [0.1, 0.15) is 86.8 Å². The number of unbranched alkanes of at least 4 members (excludes halogenated alkanes) is 3. The van der Waals surface area contributed by atoms with Gasteiger partial charge in [0, 0.05) is 55.1 Å². The number of piperidine rings is 2. The maximum Gasteiger partial charge on any atom is 0.276 e. The molecule has 2 aromatic heterocycles. The minimum Gasteiger partial charge on any atom is -0.496 e. The van der Waals surface area contributed by atoms with Gasteiger partial charge in [0.05, 0.1) is 20.4 Å². The van der Waals surface area contributed by atoms with E-state index in [4.69, 9.17) is 9.47 Å². The number of methoxy groups -OCH3 is 2. The number of nitrogens with one attached hydrogen (secondary N) is 3. The number of carbonyl (C=O) groups is 3. The molecule has 3 amide bonds. The fourth-order valence-corrected chi connectivity index (χ4v) is 7.96. The number of pyridine rings is 1. The second kappa shape index (κ2) is 18.4. The van der Waals surface area contributed by atoms with Crippen molar-refractivity contribution in [2.75, 3.05) is 40.4 Å². The number of likely N-dealkylation sites (tertiary alicyclic amines) is 1. The van der Waals surface area contributed by atoms with Crippen LogP contribution in [0.4, 0.5) is 0 Å². The normalized spacial score (nSPS) is 16.8. The van der Waals surface area contributed by atoms with Crippen LogP contribution in [0.25, 0.3) is 22.0 Å². The van der Waals surface area contributed by atoms with E-state index in [1.54, 1.807) is 33.7 Å². The van der Waals surface area contributed by atoms with Gasteiger partial charge in [-0.1, -0.05) is 37.1 Å². The Labute approximate surface area is 317 Å². The highest BCUT2D eigenvalue weighted by molar-refractivity contribution is 5.98. The minimum absolute atomic E-state index is 0.0592. The topological polar surface area (TPSA) is 148 Å². The molecule has 1 unspecified atom stereocenters. The van der Waals surface area contributed by atoms with E-state index in [9.17, 15) is 19.2 Å². The molecule has 2 aliphatic heterocycles. The number of hydrogen-bond acceptors (Lipinski definition) is 8. The molecule has 2 aliphatic rings. The van der Waals surface area contributed by atoms with Crippen molar-refractivity contribution in [3.8, 4) is 22.6 Å². The highest BCUT2D eigenvalue weighted by atomic mass is 16.5. The number of nitrogens with zero attached hydrogens (tertiary/aromatic N) is 3. The SMILES string of the molecule is COc1cc(-c2cn(C)c(=O)c3[nH]ncc23)cc(OC)c1CCCC(=O)NCCCCCCN1CCC(c2ccc(CC3CCC(=O)NC3=O)cc2)CC1. The van der Waals surface area contributed by atoms with Crippen molar-refractivity contribution in [3.63, 3.8) is 0 Å². The highest BCUT2D eigenvalue weighted by Gasteiger charge is 2.27. The second-order valence-corrected chi connectivity index (χ2v) is 14.8. The number of H-pyrrole nitrogens is 1.